The van der Waals surface area contributed by atoms with Gasteiger partial charge < -0.3 is 0 Å². The summed E-state index contributed by atoms with van der Waals surface area (Å²) in [6.45, 7) is 0. The van der Waals surface area contributed by atoms with Crippen molar-refractivity contribution in [2.45, 2.75) is 14.7 Å². The number of halogens is 1. The van der Waals surface area contributed by atoms with Gasteiger partial charge in [0.25, 0.3) is 0 Å². The summed E-state index contributed by atoms with van der Waals surface area (Å²) >= 11 is 12.0. The summed E-state index contributed by atoms with van der Waals surface area (Å²) in [7, 11) is 0. The van der Waals surface area contributed by atoms with Gasteiger partial charge in [-0.2, -0.15) is 0 Å². The van der Waals surface area contributed by atoms with Gasteiger partial charge in [-0.1, -0.05) is 41.6 Å². The van der Waals surface area contributed by atoms with Gasteiger partial charge in [-0.05, 0) is 30.3 Å². The molecule has 77 valence electrons. The third kappa shape index (κ3) is 4.02. The van der Waals surface area contributed by atoms with E-state index >= 15 is 0 Å². The fraction of sp³-hybridized carbons (Fsp3) is 0. The first kappa shape index (κ1) is 14.5. The Hall–Kier alpha value is 0.430. The average Bonchev–Trinajstić information content (AvgIpc) is 2.25. The van der Waals surface area contributed by atoms with Gasteiger partial charge in [0.1, 0.15) is 0 Å². The van der Waals surface area contributed by atoms with Gasteiger partial charge in [0, 0.05) is 49.3 Å². The molecule has 0 unspecified atom stereocenters. The van der Waals surface area contributed by atoms with Gasteiger partial charge in [-0.15, -0.1) is 12.6 Å². The second-order valence-corrected chi connectivity index (χ2v) is 5.06. The Labute approximate surface area is 132 Å². The molecule has 4 heteroatoms. The minimum Gasteiger partial charge on any atom is -0.142 e. The Morgan fingerprint density at radius 2 is 1.69 bits per heavy atom. The van der Waals surface area contributed by atoms with Crippen molar-refractivity contribution in [1.29, 1.82) is 0 Å². The zero-order valence-electron chi connectivity index (χ0n) is 8.85. The normalized spacial score (nSPS) is 9.62. The molecule has 0 saturated carbocycles. The summed E-state index contributed by atoms with van der Waals surface area (Å²) in [5.74, 6) is 0. The second kappa shape index (κ2) is 7.00. The Bertz CT molecular complexity index is 460. The van der Waals surface area contributed by atoms with Crippen LogP contribution in [0.15, 0.2) is 63.2 Å². The van der Waals surface area contributed by atoms with Crippen molar-refractivity contribution in [3.05, 3.63) is 53.6 Å². The topological polar surface area (TPSA) is 0 Å². The Morgan fingerprint density at radius 1 is 1.00 bits per heavy atom. The maximum absolute atomic E-state index is 5.94. The first-order valence-electron chi connectivity index (χ1n) is 4.47. The largest absolute Gasteiger partial charge is 0.142 e. The van der Waals surface area contributed by atoms with Crippen LogP contribution in [-0.4, -0.2) is 29.6 Å². The molecule has 0 aliphatic rings. The Balaban J connectivity index is 0.00000128. The molecule has 2 aromatic carbocycles. The summed E-state index contributed by atoms with van der Waals surface area (Å²) in [6, 6.07) is 15.9. The van der Waals surface area contributed by atoms with Crippen LogP contribution >= 0.6 is 36.0 Å². The Kier molecular flexibility index (Phi) is 6.34. The van der Waals surface area contributed by atoms with Gasteiger partial charge in [0.2, 0.25) is 0 Å². The van der Waals surface area contributed by atoms with E-state index in [1.165, 1.54) is 4.90 Å². The summed E-state index contributed by atoms with van der Waals surface area (Å²) < 4.78 is 0. The van der Waals surface area contributed by atoms with Gasteiger partial charge >= 0.3 is 0 Å². The maximum Gasteiger partial charge on any atom is 0.0418 e. The molecule has 0 N–H and O–H groups in total. The van der Waals surface area contributed by atoms with E-state index in [1.807, 2.05) is 36.4 Å². The number of hydrogen-bond donors (Lipinski definition) is 1. The molecular weight excluding hydrogens is 267 g/mol. The van der Waals surface area contributed by atoms with E-state index in [4.69, 9.17) is 11.6 Å². The molecule has 0 heterocycles. The van der Waals surface area contributed by atoms with Crippen LogP contribution in [0.4, 0.5) is 0 Å². The summed E-state index contributed by atoms with van der Waals surface area (Å²) in [5.41, 5.74) is 0. The molecule has 0 saturated heterocycles. The van der Waals surface area contributed by atoms with Crippen molar-refractivity contribution in [2.75, 3.05) is 0 Å². The zero-order chi connectivity index (χ0) is 10.7. The second-order valence-electron chi connectivity index (χ2n) is 3.03. The fourth-order valence-electron chi connectivity index (χ4n) is 1.19. The van der Waals surface area contributed by atoms with Gasteiger partial charge in [0.15, 0.2) is 0 Å². The van der Waals surface area contributed by atoms with Gasteiger partial charge in [-0.3, -0.25) is 0 Å². The molecule has 0 fully saturated rings. The molecule has 0 aromatic heterocycles. The van der Waals surface area contributed by atoms with E-state index in [0.717, 1.165) is 14.8 Å². The predicted octanol–water partition coefficient (Wildman–Crippen LogP) is 4.40. The third-order valence-corrected chi connectivity index (χ3v) is 3.73. The quantitative estimate of drug-likeness (QED) is 0.626. The van der Waals surface area contributed by atoms with Crippen molar-refractivity contribution < 1.29 is 0 Å². The van der Waals surface area contributed by atoms with Crippen LogP contribution in [0.5, 0.6) is 0 Å². The molecule has 2 aromatic rings. The van der Waals surface area contributed by atoms with Crippen LogP contribution < -0.4 is 0 Å². The smallest absolute Gasteiger partial charge is 0.0418 e. The minimum atomic E-state index is 0. The van der Waals surface area contributed by atoms with E-state index < -0.39 is 0 Å². The predicted molar refractivity (Wildman–Crippen MR) is 75.0 cm³/mol. The van der Waals surface area contributed by atoms with Crippen LogP contribution in [-0.2, 0) is 0 Å². The van der Waals surface area contributed by atoms with Crippen LogP contribution in [0.2, 0.25) is 5.02 Å². The average molecular weight is 276 g/mol. The standard InChI is InChI=1S/C12H9ClS2.Na/c13-9-6-7-11(14)12(8-9)15-10-4-2-1-3-5-10;/h1-8,14H;. The Morgan fingerprint density at radius 3 is 2.38 bits per heavy atom. The van der Waals surface area contributed by atoms with E-state index in [1.54, 1.807) is 11.8 Å². The first-order chi connectivity index (χ1) is 7.25. The molecule has 0 aliphatic heterocycles. The molecule has 0 amide bonds. The SMILES string of the molecule is Sc1ccc(Cl)cc1Sc1ccccc1.[Na]. The van der Waals surface area contributed by atoms with Crippen molar-refractivity contribution in [3.63, 3.8) is 0 Å². The van der Waals surface area contributed by atoms with Crippen LogP contribution in [0.3, 0.4) is 0 Å². The van der Waals surface area contributed by atoms with E-state index in [-0.39, 0.29) is 29.6 Å². The van der Waals surface area contributed by atoms with Crippen LogP contribution in [0.25, 0.3) is 0 Å². The monoisotopic (exact) mass is 275 g/mol. The van der Waals surface area contributed by atoms with E-state index in [9.17, 15) is 0 Å². The van der Waals surface area contributed by atoms with Gasteiger partial charge in [-0.25, -0.2) is 0 Å². The third-order valence-electron chi connectivity index (χ3n) is 1.89. The summed E-state index contributed by atoms with van der Waals surface area (Å²) in [4.78, 5) is 3.22. The molecule has 0 bridgehead atoms. The van der Waals surface area contributed by atoms with Crippen molar-refractivity contribution >= 4 is 65.5 Å². The van der Waals surface area contributed by atoms with Crippen molar-refractivity contribution in [3.8, 4) is 0 Å². The number of hydrogen-bond acceptors (Lipinski definition) is 2. The van der Waals surface area contributed by atoms with E-state index in [2.05, 4.69) is 24.8 Å². The maximum atomic E-state index is 5.94. The van der Waals surface area contributed by atoms with Crippen LogP contribution in [0.1, 0.15) is 0 Å². The number of benzene rings is 2. The number of rotatable bonds is 2. The van der Waals surface area contributed by atoms with Crippen molar-refractivity contribution in [2.24, 2.45) is 0 Å². The molecule has 0 spiro atoms. The number of thiol groups is 1. The van der Waals surface area contributed by atoms with Gasteiger partial charge in [0.05, 0.1) is 0 Å². The van der Waals surface area contributed by atoms with Crippen LogP contribution in [0, 0.1) is 0 Å². The van der Waals surface area contributed by atoms with E-state index in [0.29, 0.717) is 0 Å². The molecule has 0 aliphatic carbocycles. The first-order valence-corrected chi connectivity index (χ1v) is 6.11. The molecule has 1 radical (unpaired) electrons. The summed E-state index contributed by atoms with van der Waals surface area (Å²) in [5, 5.41) is 0.742. The molecular formula is C12H9ClNaS2. The molecule has 2 rings (SSSR count). The minimum absolute atomic E-state index is 0. The molecule has 0 nitrogen and oxygen atoms in total. The molecule has 16 heavy (non-hydrogen) atoms. The zero-order valence-corrected chi connectivity index (χ0v) is 13.3. The summed E-state index contributed by atoms with van der Waals surface area (Å²) in [6.07, 6.45) is 0. The fourth-order valence-corrected chi connectivity index (χ4v) is 2.60. The van der Waals surface area contributed by atoms with Crippen molar-refractivity contribution in [1.82, 2.24) is 0 Å². The molecule has 0 atom stereocenters.